The Morgan fingerprint density at radius 3 is 2.27 bits per heavy atom. The average Bonchev–Trinajstić information content (AvgIpc) is 3.00. The van der Waals surface area contributed by atoms with Crippen molar-refractivity contribution in [3.63, 3.8) is 0 Å². The number of ether oxygens (including phenoxy) is 2. The first-order chi connectivity index (χ1) is 19.7. The SMILES string of the molecule is COc1cc2c(cc1OC)[C@@H](C(=O)N1CCN(c3cccc(C(F)(F)F)c3)CC1)[C@@H]1c3ccccc3CCN1C2=O. The number of hydrogen-bond donors (Lipinski definition) is 0. The van der Waals surface area contributed by atoms with Gasteiger partial charge in [-0.2, -0.15) is 13.2 Å². The Morgan fingerprint density at radius 2 is 1.56 bits per heavy atom. The molecule has 214 valence electrons. The molecule has 0 aliphatic carbocycles. The van der Waals surface area contributed by atoms with Gasteiger partial charge in [0, 0.05) is 44.0 Å². The summed E-state index contributed by atoms with van der Waals surface area (Å²) in [6.45, 7) is 1.96. The minimum Gasteiger partial charge on any atom is -0.493 e. The molecule has 41 heavy (non-hydrogen) atoms. The lowest BCUT2D eigenvalue weighted by Crippen LogP contribution is -2.54. The number of carbonyl (C=O) groups excluding carboxylic acids is 2. The topological polar surface area (TPSA) is 62.3 Å². The second-order valence-electron chi connectivity index (χ2n) is 10.5. The van der Waals surface area contributed by atoms with Crippen LogP contribution in [0.5, 0.6) is 11.5 Å². The molecular weight excluding hydrogens is 535 g/mol. The van der Waals surface area contributed by atoms with Gasteiger partial charge in [0.2, 0.25) is 5.91 Å². The predicted molar refractivity (Wildman–Crippen MR) is 146 cm³/mol. The van der Waals surface area contributed by atoms with E-state index in [1.54, 1.807) is 28.0 Å². The van der Waals surface area contributed by atoms with Crippen molar-refractivity contribution in [1.82, 2.24) is 9.80 Å². The first kappa shape index (κ1) is 27.0. The van der Waals surface area contributed by atoms with Crippen molar-refractivity contribution in [3.8, 4) is 11.5 Å². The number of alkyl halides is 3. The van der Waals surface area contributed by atoms with Crippen molar-refractivity contribution in [2.24, 2.45) is 0 Å². The lowest BCUT2D eigenvalue weighted by molar-refractivity contribution is -0.137. The Hall–Kier alpha value is -4.21. The minimum absolute atomic E-state index is 0.124. The van der Waals surface area contributed by atoms with E-state index in [2.05, 4.69) is 0 Å². The standard InChI is InChI=1S/C31H30F3N3O4/c1-40-25-17-23-24(18-26(25)41-2)29(38)37-11-10-19-6-3-4-9-22(19)28(37)27(23)30(39)36-14-12-35(13-15-36)21-8-5-7-20(16-21)31(32,33)34/h3-9,16-18,27-28H,10-15H2,1-2H3/t27-,28+/m1/s1. The van der Waals surface area contributed by atoms with Crippen LogP contribution < -0.4 is 14.4 Å². The summed E-state index contributed by atoms with van der Waals surface area (Å²) in [5.41, 5.74) is 2.85. The summed E-state index contributed by atoms with van der Waals surface area (Å²) in [6.07, 6.45) is -3.73. The molecule has 2 atom stereocenters. The van der Waals surface area contributed by atoms with E-state index in [0.717, 1.165) is 23.3 Å². The maximum atomic E-state index is 14.4. The summed E-state index contributed by atoms with van der Waals surface area (Å²) in [7, 11) is 3.02. The molecule has 0 bridgehead atoms. The fourth-order valence-corrected chi connectivity index (χ4v) is 6.38. The normalized spacial score (nSPS) is 20.2. The van der Waals surface area contributed by atoms with Crippen molar-refractivity contribution >= 4 is 17.5 Å². The van der Waals surface area contributed by atoms with Crippen LogP contribution in [0.25, 0.3) is 0 Å². The number of fused-ring (bicyclic) bond motifs is 4. The van der Waals surface area contributed by atoms with Gasteiger partial charge in [-0.3, -0.25) is 9.59 Å². The molecule has 0 radical (unpaired) electrons. The Bertz CT molecular complexity index is 1500. The second kappa shape index (κ2) is 10.3. The van der Waals surface area contributed by atoms with E-state index in [9.17, 15) is 22.8 Å². The summed E-state index contributed by atoms with van der Waals surface area (Å²) in [6, 6.07) is 16.1. The van der Waals surface area contributed by atoms with E-state index in [0.29, 0.717) is 67.5 Å². The van der Waals surface area contributed by atoms with Crippen LogP contribution in [0.15, 0.2) is 60.7 Å². The number of amides is 2. The van der Waals surface area contributed by atoms with E-state index in [4.69, 9.17) is 9.47 Å². The second-order valence-corrected chi connectivity index (χ2v) is 10.5. The average molecular weight is 566 g/mol. The number of hydrogen-bond acceptors (Lipinski definition) is 5. The Kier molecular flexibility index (Phi) is 6.79. The van der Waals surface area contributed by atoms with Crippen molar-refractivity contribution in [1.29, 1.82) is 0 Å². The third-order valence-corrected chi connectivity index (χ3v) is 8.43. The molecule has 1 fully saturated rings. The lowest BCUT2D eigenvalue weighted by Gasteiger charge is -2.47. The van der Waals surface area contributed by atoms with Gasteiger partial charge < -0.3 is 24.2 Å². The smallest absolute Gasteiger partial charge is 0.416 e. The van der Waals surface area contributed by atoms with Crippen LogP contribution in [0, 0.1) is 0 Å². The van der Waals surface area contributed by atoms with Gasteiger partial charge in [0.1, 0.15) is 0 Å². The third kappa shape index (κ3) is 4.65. The van der Waals surface area contributed by atoms with E-state index >= 15 is 0 Å². The van der Waals surface area contributed by atoms with Crippen LogP contribution in [0.1, 0.15) is 44.6 Å². The number of halogens is 3. The zero-order valence-corrected chi connectivity index (χ0v) is 22.8. The van der Waals surface area contributed by atoms with Crippen molar-refractivity contribution in [2.75, 3.05) is 51.8 Å². The first-order valence-corrected chi connectivity index (χ1v) is 13.6. The molecule has 3 aromatic rings. The first-order valence-electron chi connectivity index (χ1n) is 13.6. The molecule has 1 saturated heterocycles. The minimum atomic E-state index is -4.43. The predicted octanol–water partition coefficient (Wildman–Crippen LogP) is 4.91. The summed E-state index contributed by atoms with van der Waals surface area (Å²) in [4.78, 5) is 33.6. The Labute approximate surface area is 236 Å². The van der Waals surface area contributed by atoms with Gasteiger partial charge in [-0.05, 0) is 53.4 Å². The molecule has 3 heterocycles. The largest absolute Gasteiger partial charge is 0.493 e. The molecule has 0 unspecified atom stereocenters. The summed E-state index contributed by atoms with van der Waals surface area (Å²) >= 11 is 0. The van der Waals surface area contributed by atoms with Crippen LogP contribution in [-0.4, -0.2) is 68.6 Å². The van der Waals surface area contributed by atoms with Gasteiger partial charge in [0.25, 0.3) is 5.91 Å². The molecule has 0 saturated carbocycles. The number of carbonyl (C=O) groups is 2. The fraction of sp³-hybridized carbons (Fsp3) is 0.355. The molecule has 3 aromatic carbocycles. The van der Waals surface area contributed by atoms with Gasteiger partial charge in [-0.25, -0.2) is 0 Å². The zero-order valence-electron chi connectivity index (χ0n) is 22.8. The van der Waals surface area contributed by atoms with Crippen molar-refractivity contribution in [3.05, 3.63) is 88.5 Å². The Balaban J connectivity index is 1.35. The monoisotopic (exact) mass is 565 g/mol. The van der Waals surface area contributed by atoms with Gasteiger partial charge in [0.05, 0.1) is 31.7 Å². The van der Waals surface area contributed by atoms with Gasteiger partial charge in [-0.1, -0.05) is 30.3 Å². The fourth-order valence-electron chi connectivity index (χ4n) is 6.38. The maximum Gasteiger partial charge on any atom is 0.416 e. The third-order valence-electron chi connectivity index (χ3n) is 8.43. The molecule has 0 aromatic heterocycles. The molecule has 6 rings (SSSR count). The molecular formula is C31H30F3N3O4. The van der Waals surface area contributed by atoms with Crippen LogP contribution in [0.2, 0.25) is 0 Å². The molecule has 10 heteroatoms. The number of benzene rings is 3. The maximum absolute atomic E-state index is 14.4. The van der Waals surface area contributed by atoms with Crippen LogP contribution in [-0.2, 0) is 17.4 Å². The number of piperazine rings is 1. The molecule has 2 amide bonds. The number of nitrogens with zero attached hydrogens (tertiary/aromatic N) is 3. The highest BCUT2D eigenvalue weighted by atomic mass is 19.4. The number of anilines is 1. The van der Waals surface area contributed by atoms with Gasteiger partial charge in [0.15, 0.2) is 11.5 Å². The van der Waals surface area contributed by atoms with Crippen LogP contribution >= 0.6 is 0 Å². The van der Waals surface area contributed by atoms with Crippen molar-refractivity contribution < 1.29 is 32.2 Å². The molecule has 0 N–H and O–H groups in total. The summed E-state index contributed by atoms with van der Waals surface area (Å²) in [5.74, 6) is -0.107. The lowest BCUT2D eigenvalue weighted by atomic mass is 9.75. The molecule has 3 aliphatic heterocycles. The van der Waals surface area contributed by atoms with Crippen molar-refractivity contribution in [2.45, 2.75) is 24.6 Å². The van der Waals surface area contributed by atoms with Crippen LogP contribution in [0.3, 0.4) is 0 Å². The van der Waals surface area contributed by atoms with Crippen LogP contribution in [0.4, 0.5) is 18.9 Å². The molecule has 7 nitrogen and oxygen atoms in total. The van der Waals surface area contributed by atoms with E-state index < -0.39 is 23.7 Å². The van der Waals surface area contributed by atoms with E-state index in [1.807, 2.05) is 29.2 Å². The van der Waals surface area contributed by atoms with Gasteiger partial charge in [-0.15, -0.1) is 0 Å². The highest BCUT2D eigenvalue weighted by molar-refractivity contribution is 6.02. The van der Waals surface area contributed by atoms with E-state index in [1.165, 1.54) is 20.3 Å². The highest BCUT2D eigenvalue weighted by Gasteiger charge is 2.48. The van der Waals surface area contributed by atoms with E-state index in [-0.39, 0.29) is 11.8 Å². The Morgan fingerprint density at radius 1 is 0.854 bits per heavy atom. The van der Waals surface area contributed by atoms with Gasteiger partial charge >= 0.3 is 6.18 Å². The number of rotatable bonds is 4. The highest BCUT2D eigenvalue weighted by Crippen LogP contribution is 2.49. The number of methoxy groups -OCH3 is 2. The summed E-state index contributed by atoms with van der Waals surface area (Å²) in [5, 5.41) is 0. The quantitative estimate of drug-likeness (QED) is 0.450. The molecule has 3 aliphatic rings. The zero-order chi connectivity index (χ0) is 28.9. The summed E-state index contributed by atoms with van der Waals surface area (Å²) < 4.78 is 50.9. The molecule has 0 spiro atoms.